The normalized spacial score (nSPS) is 10.4. The van der Waals surface area contributed by atoms with Gasteiger partial charge in [-0.2, -0.15) is 0 Å². The number of benzene rings is 1. The molecule has 0 atom stereocenters. The minimum Gasteiger partial charge on any atom is -0.319 e. The smallest absolute Gasteiger partial charge is 0.211 e. The molecule has 5 heteroatoms. The molecule has 0 radical (unpaired) electrons. The molecule has 3 nitrogen and oxygen atoms in total. The number of H-pyrrole nitrogens is 1. The van der Waals surface area contributed by atoms with Crippen LogP contribution >= 0.6 is 23.6 Å². The Morgan fingerprint density at radius 2 is 1.88 bits per heavy atom. The lowest BCUT2D eigenvalue weighted by Crippen LogP contribution is -2.09. The van der Waals surface area contributed by atoms with Gasteiger partial charge in [-0.3, -0.25) is 5.10 Å². The zero-order chi connectivity index (χ0) is 11.7. The molecule has 0 saturated carbocycles. The van der Waals surface area contributed by atoms with E-state index >= 15 is 0 Å². The second kappa shape index (κ2) is 4.35. The van der Waals surface area contributed by atoms with E-state index < -0.39 is 0 Å². The fourth-order valence-electron chi connectivity index (χ4n) is 1.62. The molecule has 0 bridgehead atoms. The lowest BCUT2D eigenvalue weighted by Gasteiger charge is -2.16. The maximum Gasteiger partial charge on any atom is 0.211 e. The van der Waals surface area contributed by atoms with E-state index in [1.165, 1.54) is 22.5 Å². The third kappa shape index (κ3) is 2.31. The molecule has 0 amide bonds. The number of aromatic nitrogens is 2. The van der Waals surface area contributed by atoms with Crippen LogP contribution in [0.3, 0.4) is 0 Å². The molecule has 1 aromatic carbocycles. The Morgan fingerprint density at radius 3 is 2.38 bits per heavy atom. The van der Waals surface area contributed by atoms with Crippen molar-refractivity contribution in [2.75, 3.05) is 11.9 Å². The third-order valence-electron chi connectivity index (χ3n) is 2.31. The van der Waals surface area contributed by atoms with Crippen LogP contribution in [0.15, 0.2) is 18.2 Å². The topological polar surface area (TPSA) is 31.9 Å². The number of nitrogens with zero attached hydrogens (tertiary/aromatic N) is 2. The summed E-state index contributed by atoms with van der Waals surface area (Å²) in [5.41, 5.74) is 3.64. The van der Waals surface area contributed by atoms with Gasteiger partial charge in [0.15, 0.2) is 3.95 Å². The SMILES string of the molecule is Cc1cc(C)cc(N(C)c2n[nH]c(=S)s2)c1. The first-order valence-electron chi connectivity index (χ1n) is 4.94. The summed E-state index contributed by atoms with van der Waals surface area (Å²) in [5, 5.41) is 7.84. The molecular formula is C11H13N3S2. The molecule has 84 valence electrons. The Labute approximate surface area is 104 Å². The molecule has 1 heterocycles. The summed E-state index contributed by atoms with van der Waals surface area (Å²) in [4.78, 5) is 2.04. The highest BCUT2D eigenvalue weighted by Crippen LogP contribution is 2.26. The Bertz CT molecular complexity index is 536. The molecular weight excluding hydrogens is 238 g/mol. The zero-order valence-electron chi connectivity index (χ0n) is 9.44. The molecule has 16 heavy (non-hydrogen) atoms. The van der Waals surface area contributed by atoms with Gasteiger partial charge in [-0.25, -0.2) is 0 Å². The fourth-order valence-corrected chi connectivity index (χ4v) is 2.48. The van der Waals surface area contributed by atoms with Gasteiger partial charge in [-0.1, -0.05) is 17.4 Å². The zero-order valence-corrected chi connectivity index (χ0v) is 11.1. The number of aromatic amines is 1. The summed E-state index contributed by atoms with van der Waals surface area (Å²) in [6.07, 6.45) is 0. The van der Waals surface area contributed by atoms with Gasteiger partial charge in [0.05, 0.1) is 0 Å². The molecule has 2 aromatic rings. The van der Waals surface area contributed by atoms with Crippen molar-refractivity contribution in [3.05, 3.63) is 33.3 Å². The van der Waals surface area contributed by atoms with Gasteiger partial charge in [-0.05, 0) is 49.3 Å². The molecule has 0 saturated heterocycles. The maximum absolute atomic E-state index is 5.03. The lowest BCUT2D eigenvalue weighted by molar-refractivity contribution is 1.03. The molecule has 0 unspecified atom stereocenters. The summed E-state index contributed by atoms with van der Waals surface area (Å²) >= 11 is 6.50. The summed E-state index contributed by atoms with van der Waals surface area (Å²) in [5.74, 6) is 0. The summed E-state index contributed by atoms with van der Waals surface area (Å²) in [6, 6.07) is 6.43. The third-order valence-corrected chi connectivity index (χ3v) is 3.47. The maximum atomic E-state index is 5.03. The average Bonchev–Trinajstić information content (AvgIpc) is 2.62. The molecule has 2 rings (SSSR count). The molecule has 1 aromatic heterocycles. The number of anilines is 2. The predicted molar refractivity (Wildman–Crippen MR) is 71.3 cm³/mol. The molecule has 0 spiro atoms. The van der Waals surface area contributed by atoms with Crippen molar-refractivity contribution >= 4 is 34.4 Å². The van der Waals surface area contributed by atoms with Crippen LogP contribution in [0.1, 0.15) is 11.1 Å². The van der Waals surface area contributed by atoms with Crippen LogP contribution in [-0.2, 0) is 0 Å². The molecule has 0 fully saturated rings. The first-order valence-corrected chi connectivity index (χ1v) is 6.16. The van der Waals surface area contributed by atoms with Crippen LogP contribution in [-0.4, -0.2) is 17.2 Å². The first-order chi connectivity index (χ1) is 7.56. The number of nitrogens with one attached hydrogen (secondary N) is 1. The monoisotopic (exact) mass is 251 g/mol. The highest BCUT2D eigenvalue weighted by atomic mass is 32.1. The number of aryl methyl sites for hydroxylation is 2. The highest BCUT2D eigenvalue weighted by Gasteiger charge is 2.08. The fraction of sp³-hybridized carbons (Fsp3) is 0.273. The van der Waals surface area contributed by atoms with E-state index in [0.717, 1.165) is 10.8 Å². The van der Waals surface area contributed by atoms with E-state index in [1.54, 1.807) is 0 Å². The van der Waals surface area contributed by atoms with Crippen LogP contribution in [0.2, 0.25) is 0 Å². The Morgan fingerprint density at radius 1 is 1.25 bits per heavy atom. The molecule has 0 aliphatic rings. The minimum absolute atomic E-state index is 0.700. The van der Waals surface area contributed by atoms with E-state index in [9.17, 15) is 0 Å². The van der Waals surface area contributed by atoms with Gasteiger partial charge in [0.1, 0.15) is 0 Å². The second-order valence-corrected chi connectivity index (χ2v) is 5.44. The van der Waals surface area contributed by atoms with Gasteiger partial charge in [0.25, 0.3) is 0 Å². The van der Waals surface area contributed by atoms with Crippen LogP contribution in [0.5, 0.6) is 0 Å². The summed E-state index contributed by atoms with van der Waals surface area (Å²) in [7, 11) is 2.00. The van der Waals surface area contributed by atoms with Crippen LogP contribution in [0.25, 0.3) is 0 Å². The summed E-state index contributed by atoms with van der Waals surface area (Å²) in [6.45, 7) is 4.19. The van der Waals surface area contributed by atoms with Crippen molar-refractivity contribution in [1.82, 2.24) is 10.2 Å². The number of rotatable bonds is 2. The predicted octanol–water partition coefficient (Wildman–Crippen LogP) is 3.59. The average molecular weight is 251 g/mol. The van der Waals surface area contributed by atoms with E-state index in [1.807, 2.05) is 11.9 Å². The molecule has 1 N–H and O–H groups in total. The van der Waals surface area contributed by atoms with Crippen molar-refractivity contribution in [2.45, 2.75) is 13.8 Å². The van der Waals surface area contributed by atoms with Crippen molar-refractivity contribution < 1.29 is 0 Å². The van der Waals surface area contributed by atoms with E-state index in [-0.39, 0.29) is 0 Å². The van der Waals surface area contributed by atoms with Gasteiger partial charge < -0.3 is 4.90 Å². The molecule has 0 aliphatic heterocycles. The quantitative estimate of drug-likeness (QED) is 0.828. The largest absolute Gasteiger partial charge is 0.319 e. The van der Waals surface area contributed by atoms with E-state index in [2.05, 4.69) is 42.2 Å². The van der Waals surface area contributed by atoms with Crippen LogP contribution in [0, 0.1) is 17.8 Å². The van der Waals surface area contributed by atoms with E-state index in [4.69, 9.17) is 12.2 Å². The van der Waals surface area contributed by atoms with Crippen LogP contribution < -0.4 is 4.90 Å². The minimum atomic E-state index is 0.700. The Balaban J connectivity index is 2.40. The van der Waals surface area contributed by atoms with Gasteiger partial charge >= 0.3 is 0 Å². The van der Waals surface area contributed by atoms with E-state index in [0.29, 0.717) is 3.95 Å². The highest BCUT2D eigenvalue weighted by molar-refractivity contribution is 7.73. The van der Waals surface area contributed by atoms with Crippen LogP contribution in [0.4, 0.5) is 10.8 Å². The first kappa shape index (κ1) is 11.3. The summed E-state index contributed by atoms with van der Waals surface area (Å²) < 4.78 is 0.700. The number of hydrogen-bond acceptors (Lipinski definition) is 4. The molecule has 0 aliphatic carbocycles. The second-order valence-electron chi connectivity index (χ2n) is 3.80. The Hall–Kier alpha value is -1.20. The van der Waals surface area contributed by atoms with Crippen molar-refractivity contribution in [2.24, 2.45) is 0 Å². The lowest BCUT2D eigenvalue weighted by atomic mass is 10.1. The van der Waals surface area contributed by atoms with Crippen molar-refractivity contribution in [3.8, 4) is 0 Å². The van der Waals surface area contributed by atoms with Gasteiger partial charge in [0, 0.05) is 12.7 Å². The standard InChI is InChI=1S/C11H13N3S2/c1-7-4-8(2)6-9(5-7)14(3)10-12-13-11(15)16-10/h4-6H,1-3H3,(H,13,15). The van der Waals surface area contributed by atoms with Gasteiger partial charge in [-0.15, -0.1) is 5.10 Å². The Kier molecular flexibility index (Phi) is 3.07. The van der Waals surface area contributed by atoms with Gasteiger partial charge in [0.2, 0.25) is 5.13 Å². The number of hydrogen-bond donors (Lipinski definition) is 1. The van der Waals surface area contributed by atoms with Crippen molar-refractivity contribution in [1.29, 1.82) is 0 Å². The van der Waals surface area contributed by atoms with Crippen molar-refractivity contribution in [3.63, 3.8) is 0 Å².